The molecule has 1 aromatic carbocycles. The molecule has 0 saturated carbocycles. The lowest BCUT2D eigenvalue weighted by Crippen LogP contribution is -2.27. The van der Waals surface area contributed by atoms with Crippen molar-refractivity contribution in [3.05, 3.63) is 28.2 Å². The van der Waals surface area contributed by atoms with Crippen molar-refractivity contribution in [3.8, 4) is 0 Å². The lowest BCUT2D eigenvalue weighted by molar-refractivity contribution is -0.119. The van der Waals surface area contributed by atoms with Crippen molar-refractivity contribution in [2.24, 2.45) is 0 Å². The van der Waals surface area contributed by atoms with Crippen molar-refractivity contribution in [1.29, 1.82) is 0 Å². The molecule has 0 saturated heterocycles. The normalized spacial score (nSPS) is 12.2. The number of carbonyl (C=O) groups is 1. The first kappa shape index (κ1) is 17.9. The predicted molar refractivity (Wildman–Crippen MR) is 95.3 cm³/mol. The zero-order valence-corrected chi connectivity index (χ0v) is 15.0. The highest BCUT2D eigenvalue weighted by molar-refractivity contribution is 7.99. The molecule has 9 heteroatoms. The SMILES string of the molecule is CCSc1nnc(N)n1C(CC)C(=O)Nc1ccc(Cl)c(Cl)c1. The van der Waals surface area contributed by atoms with Crippen molar-refractivity contribution < 1.29 is 4.79 Å². The summed E-state index contributed by atoms with van der Waals surface area (Å²) in [5, 5.41) is 12.2. The van der Waals surface area contributed by atoms with Gasteiger partial charge in [0.05, 0.1) is 10.0 Å². The molecule has 0 spiro atoms. The van der Waals surface area contributed by atoms with Gasteiger partial charge < -0.3 is 11.1 Å². The van der Waals surface area contributed by atoms with Crippen LogP contribution in [-0.4, -0.2) is 26.4 Å². The number of nitrogen functional groups attached to an aromatic ring is 1. The number of halogens is 2. The third-order valence-electron chi connectivity index (χ3n) is 3.15. The Hall–Kier alpha value is -1.44. The number of anilines is 2. The van der Waals surface area contributed by atoms with Gasteiger partial charge in [-0.25, -0.2) is 0 Å². The average molecular weight is 374 g/mol. The zero-order valence-electron chi connectivity index (χ0n) is 12.7. The number of carbonyl (C=O) groups excluding carboxylic acids is 1. The molecular weight excluding hydrogens is 357 g/mol. The lowest BCUT2D eigenvalue weighted by atomic mass is 10.2. The van der Waals surface area contributed by atoms with E-state index in [-0.39, 0.29) is 11.9 Å². The van der Waals surface area contributed by atoms with Gasteiger partial charge in [-0.15, -0.1) is 10.2 Å². The summed E-state index contributed by atoms with van der Waals surface area (Å²) in [6.45, 7) is 3.90. The van der Waals surface area contributed by atoms with E-state index in [4.69, 9.17) is 28.9 Å². The number of hydrogen-bond donors (Lipinski definition) is 2. The molecule has 0 aliphatic heterocycles. The van der Waals surface area contributed by atoms with Gasteiger partial charge in [0.25, 0.3) is 0 Å². The van der Waals surface area contributed by atoms with Gasteiger partial charge in [0.15, 0.2) is 5.16 Å². The molecule has 0 aliphatic rings. The van der Waals surface area contributed by atoms with Gasteiger partial charge in [-0.05, 0) is 30.4 Å². The fraction of sp³-hybridized carbons (Fsp3) is 0.357. The Morgan fingerprint density at radius 2 is 2.09 bits per heavy atom. The van der Waals surface area contributed by atoms with Crippen LogP contribution in [-0.2, 0) is 4.79 Å². The standard InChI is InChI=1S/C14H17Cl2N5OS/c1-3-11(21-13(17)19-20-14(21)23-4-2)12(22)18-8-5-6-9(15)10(16)7-8/h5-7,11H,3-4H2,1-2H3,(H2,17,19)(H,18,22). The van der Waals surface area contributed by atoms with E-state index in [0.717, 1.165) is 5.75 Å². The summed E-state index contributed by atoms with van der Waals surface area (Å²) >= 11 is 13.3. The fourth-order valence-electron chi connectivity index (χ4n) is 2.09. The maximum absolute atomic E-state index is 12.6. The molecule has 124 valence electrons. The molecule has 6 nitrogen and oxygen atoms in total. The average Bonchev–Trinajstić information content (AvgIpc) is 2.86. The van der Waals surface area contributed by atoms with E-state index in [1.165, 1.54) is 11.8 Å². The minimum atomic E-state index is -0.506. The van der Waals surface area contributed by atoms with Crippen LogP contribution in [0.25, 0.3) is 0 Å². The minimum absolute atomic E-state index is 0.213. The highest BCUT2D eigenvalue weighted by atomic mass is 35.5. The summed E-state index contributed by atoms with van der Waals surface area (Å²) < 4.78 is 1.65. The molecule has 3 N–H and O–H groups in total. The number of nitrogens with two attached hydrogens (primary N) is 1. The van der Waals surface area contributed by atoms with E-state index in [0.29, 0.717) is 27.3 Å². The number of aromatic nitrogens is 3. The van der Waals surface area contributed by atoms with E-state index in [2.05, 4.69) is 15.5 Å². The summed E-state index contributed by atoms with van der Waals surface area (Å²) in [7, 11) is 0. The predicted octanol–water partition coefficient (Wildman–Crippen LogP) is 3.87. The summed E-state index contributed by atoms with van der Waals surface area (Å²) in [6, 6.07) is 4.42. The van der Waals surface area contributed by atoms with Gasteiger partial charge >= 0.3 is 0 Å². The van der Waals surface area contributed by atoms with Crippen LogP contribution in [0.15, 0.2) is 23.4 Å². The van der Waals surface area contributed by atoms with Crippen molar-refractivity contribution in [1.82, 2.24) is 14.8 Å². The summed E-state index contributed by atoms with van der Waals surface area (Å²) in [4.78, 5) is 12.6. The smallest absolute Gasteiger partial charge is 0.247 e. The highest BCUT2D eigenvalue weighted by Crippen LogP contribution is 2.28. The molecule has 1 aromatic heterocycles. The first-order chi connectivity index (χ1) is 11.0. The van der Waals surface area contributed by atoms with E-state index in [1.54, 1.807) is 22.8 Å². The van der Waals surface area contributed by atoms with Crippen molar-refractivity contribution in [2.45, 2.75) is 31.5 Å². The van der Waals surface area contributed by atoms with Gasteiger partial charge in [0.2, 0.25) is 11.9 Å². The Morgan fingerprint density at radius 1 is 1.35 bits per heavy atom. The van der Waals surface area contributed by atoms with Gasteiger partial charge in [0.1, 0.15) is 6.04 Å². The zero-order chi connectivity index (χ0) is 17.0. The van der Waals surface area contributed by atoms with Crippen LogP contribution < -0.4 is 11.1 Å². The summed E-state index contributed by atoms with van der Waals surface area (Å²) in [6.07, 6.45) is 0.548. The van der Waals surface area contributed by atoms with E-state index < -0.39 is 6.04 Å². The van der Waals surface area contributed by atoms with Gasteiger partial charge in [-0.1, -0.05) is 48.8 Å². The molecule has 0 bridgehead atoms. The number of nitrogens with zero attached hydrogens (tertiary/aromatic N) is 3. The number of thioether (sulfide) groups is 1. The Morgan fingerprint density at radius 3 is 2.70 bits per heavy atom. The quantitative estimate of drug-likeness (QED) is 0.750. The maximum atomic E-state index is 12.6. The maximum Gasteiger partial charge on any atom is 0.247 e. The second-order valence-electron chi connectivity index (χ2n) is 4.69. The number of benzene rings is 1. The number of nitrogens with one attached hydrogen (secondary N) is 1. The van der Waals surface area contributed by atoms with E-state index >= 15 is 0 Å². The lowest BCUT2D eigenvalue weighted by Gasteiger charge is -2.19. The molecule has 1 unspecified atom stereocenters. The Labute approximate surface area is 148 Å². The van der Waals surface area contributed by atoms with Crippen LogP contribution in [0.1, 0.15) is 26.3 Å². The molecule has 1 atom stereocenters. The molecule has 0 aliphatic carbocycles. The second kappa shape index (κ2) is 7.90. The molecule has 0 radical (unpaired) electrons. The number of hydrogen-bond acceptors (Lipinski definition) is 5. The molecule has 1 amide bonds. The van der Waals surface area contributed by atoms with Crippen LogP contribution >= 0.6 is 35.0 Å². The summed E-state index contributed by atoms with van der Waals surface area (Å²) in [5.74, 6) is 0.815. The molecule has 2 aromatic rings. The van der Waals surface area contributed by atoms with Crippen LogP contribution in [0, 0.1) is 0 Å². The van der Waals surface area contributed by atoms with E-state index in [1.807, 2.05) is 13.8 Å². The minimum Gasteiger partial charge on any atom is -0.368 e. The first-order valence-corrected chi connectivity index (χ1v) is 8.81. The third-order valence-corrected chi connectivity index (χ3v) is 4.72. The Bertz CT molecular complexity index is 706. The molecule has 2 rings (SSSR count). The van der Waals surface area contributed by atoms with Crippen LogP contribution in [0.5, 0.6) is 0 Å². The number of rotatable bonds is 6. The van der Waals surface area contributed by atoms with Crippen LogP contribution in [0.2, 0.25) is 10.0 Å². The first-order valence-electron chi connectivity index (χ1n) is 7.07. The molecule has 1 heterocycles. The Kier molecular flexibility index (Phi) is 6.15. The van der Waals surface area contributed by atoms with Gasteiger partial charge in [0, 0.05) is 5.69 Å². The van der Waals surface area contributed by atoms with Crippen LogP contribution in [0.3, 0.4) is 0 Å². The van der Waals surface area contributed by atoms with E-state index in [9.17, 15) is 4.79 Å². The molecule has 23 heavy (non-hydrogen) atoms. The van der Waals surface area contributed by atoms with Gasteiger partial charge in [-0.3, -0.25) is 9.36 Å². The van der Waals surface area contributed by atoms with Gasteiger partial charge in [-0.2, -0.15) is 0 Å². The van der Waals surface area contributed by atoms with Crippen molar-refractivity contribution in [3.63, 3.8) is 0 Å². The Balaban J connectivity index is 2.25. The third kappa shape index (κ3) is 4.10. The monoisotopic (exact) mass is 373 g/mol. The highest BCUT2D eigenvalue weighted by Gasteiger charge is 2.24. The number of amides is 1. The largest absolute Gasteiger partial charge is 0.368 e. The molecule has 0 fully saturated rings. The second-order valence-corrected chi connectivity index (χ2v) is 6.73. The van der Waals surface area contributed by atoms with Crippen molar-refractivity contribution in [2.75, 3.05) is 16.8 Å². The fourth-order valence-corrected chi connectivity index (χ4v) is 3.11. The summed E-state index contributed by atoms with van der Waals surface area (Å²) in [5.41, 5.74) is 6.45. The van der Waals surface area contributed by atoms with Crippen LogP contribution in [0.4, 0.5) is 11.6 Å². The molecular formula is C14H17Cl2N5OS. The topological polar surface area (TPSA) is 85.8 Å². The van der Waals surface area contributed by atoms with Crippen molar-refractivity contribution >= 4 is 52.5 Å².